The molecular weight excluding hydrogens is 324 g/mol. The van der Waals surface area contributed by atoms with Crippen molar-refractivity contribution in [3.8, 4) is 16.9 Å². The normalized spacial score (nSPS) is 11.3. The van der Waals surface area contributed by atoms with Gasteiger partial charge in [0, 0.05) is 6.08 Å². The Labute approximate surface area is 155 Å². The van der Waals surface area contributed by atoms with Crippen molar-refractivity contribution in [3.63, 3.8) is 0 Å². The Morgan fingerprint density at radius 1 is 0.962 bits per heavy atom. The van der Waals surface area contributed by atoms with Crippen LogP contribution in [-0.4, -0.2) is 17.7 Å². The van der Waals surface area contributed by atoms with Gasteiger partial charge in [-0.2, -0.15) is 0 Å². The van der Waals surface area contributed by atoms with Crippen LogP contribution < -0.4 is 4.74 Å². The molecule has 2 rings (SSSR count). The van der Waals surface area contributed by atoms with Crippen molar-refractivity contribution in [3.05, 3.63) is 78.4 Å². The number of benzene rings is 2. The Bertz CT molecular complexity index is 725. The average molecular weight is 350 g/mol. The molecule has 136 valence electrons. The van der Waals surface area contributed by atoms with Gasteiger partial charge in [0.25, 0.3) is 0 Å². The van der Waals surface area contributed by atoms with E-state index in [1.165, 1.54) is 30.0 Å². The molecule has 0 aliphatic rings. The van der Waals surface area contributed by atoms with Crippen molar-refractivity contribution in [1.29, 1.82) is 0 Å². The third kappa shape index (κ3) is 6.98. The number of rotatable bonds is 10. The summed E-state index contributed by atoms with van der Waals surface area (Å²) < 4.78 is 5.75. The Morgan fingerprint density at radius 2 is 1.62 bits per heavy atom. The van der Waals surface area contributed by atoms with E-state index < -0.39 is 5.97 Å². The molecule has 0 atom stereocenters. The first kappa shape index (κ1) is 19.5. The topological polar surface area (TPSA) is 46.5 Å². The smallest absolute Gasteiger partial charge is 0.328 e. The average Bonchev–Trinajstić information content (AvgIpc) is 2.66. The summed E-state index contributed by atoms with van der Waals surface area (Å²) in [7, 11) is 0. The molecule has 0 aliphatic carbocycles. The highest BCUT2D eigenvalue weighted by atomic mass is 16.5. The molecule has 0 unspecified atom stereocenters. The largest absolute Gasteiger partial charge is 0.494 e. The number of hydrogen-bond acceptors (Lipinski definition) is 2. The third-order valence-electron chi connectivity index (χ3n) is 4.00. The summed E-state index contributed by atoms with van der Waals surface area (Å²) in [5.41, 5.74) is 3.52. The molecule has 0 aromatic heterocycles. The Hall–Kier alpha value is -2.81. The molecule has 2 aromatic rings. The van der Waals surface area contributed by atoms with Gasteiger partial charge >= 0.3 is 5.97 Å². The Balaban J connectivity index is 1.88. The number of hydrogen-bond donors (Lipinski definition) is 1. The van der Waals surface area contributed by atoms with Gasteiger partial charge in [0.05, 0.1) is 6.61 Å². The predicted octanol–water partition coefficient (Wildman–Crippen LogP) is 5.66. The van der Waals surface area contributed by atoms with Crippen LogP contribution in [0.5, 0.6) is 5.75 Å². The fraction of sp³-hybridized carbons (Fsp3) is 0.261. The van der Waals surface area contributed by atoms with E-state index in [0.29, 0.717) is 0 Å². The second-order valence-electron chi connectivity index (χ2n) is 6.11. The molecule has 0 heterocycles. The highest BCUT2D eigenvalue weighted by Crippen LogP contribution is 2.23. The number of ether oxygens (including phenoxy) is 1. The van der Waals surface area contributed by atoms with E-state index >= 15 is 0 Å². The van der Waals surface area contributed by atoms with E-state index in [4.69, 9.17) is 9.84 Å². The van der Waals surface area contributed by atoms with Crippen molar-refractivity contribution in [2.75, 3.05) is 6.61 Å². The zero-order valence-electron chi connectivity index (χ0n) is 15.2. The molecule has 0 radical (unpaired) electrons. The van der Waals surface area contributed by atoms with E-state index in [2.05, 4.69) is 43.3 Å². The third-order valence-corrected chi connectivity index (χ3v) is 4.00. The Kier molecular flexibility index (Phi) is 8.20. The van der Waals surface area contributed by atoms with Crippen molar-refractivity contribution in [2.24, 2.45) is 0 Å². The second kappa shape index (κ2) is 10.9. The van der Waals surface area contributed by atoms with E-state index in [-0.39, 0.29) is 0 Å². The van der Waals surface area contributed by atoms with Crippen LogP contribution in [0, 0.1) is 0 Å². The molecule has 0 aliphatic heterocycles. The van der Waals surface area contributed by atoms with Gasteiger partial charge in [-0.05, 0) is 41.7 Å². The standard InChI is InChI=1S/C23H26O3/c1-2-3-7-18-26-22-16-14-21(15-17-22)20-12-10-19(11-13-20)8-5-4-6-9-23(24)25/h4-6,9-17H,2-3,7-8,18H2,1H3,(H,24,25). The first-order valence-electron chi connectivity index (χ1n) is 9.07. The number of unbranched alkanes of at least 4 members (excludes halogenated alkanes) is 2. The fourth-order valence-corrected chi connectivity index (χ4v) is 2.54. The van der Waals surface area contributed by atoms with Crippen LogP contribution in [0.1, 0.15) is 31.7 Å². The van der Waals surface area contributed by atoms with Gasteiger partial charge in [-0.15, -0.1) is 0 Å². The van der Waals surface area contributed by atoms with Gasteiger partial charge in [-0.3, -0.25) is 0 Å². The minimum absolute atomic E-state index is 0.773. The molecule has 0 bridgehead atoms. The highest BCUT2D eigenvalue weighted by molar-refractivity contribution is 5.80. The van der Waals surface area contributed by atoms with Crippen LogP contribution in [0.3, 0.4) is 0 Å². The van der Waals surface area contributed by atoms with Crippen molar-refractivity contribution in [2.45, 2.75) is 32.6 Å². The number of aliphatic carboxylic acids is 1. The van der Waals surface area contributed by atoms with E-state index in [0.717, 1.165) is 36.8 Å². The molecule has 2 aromatic carbocycles. The quantitative estimate of drug-likeness (QED) is 0.341. The van der Waals surface area contributed by atoms with Gasteiger partial charge in [-0.25, -0.2) is 4.79 Å². The van der Waals surface area contributed by atoms with E-state index in [1.54, 1.807) is 6.08 Å². The zero-order chi connectivity index (χ0) is 18.6. The number of allylic oxidation sites excluding steroid dienone is 3. The van der Waals surface area contributed by atoms with Gasteiger partial charge in [0.1, 0.15) is 5.75 Å². The lowest BCUT2D eigenvalue weighted by Crippen LogP contribution is -1.96. The van der Waals surface area contributed by atoms with Crippen molar-refractivity contribution < 1.29 is 14.6 Å². The monoisotopic (exact) mass is 350 g/mol. The lowest BCUT2D eigenvalue weighted by Gasteiger charge is -2.07. The molecule has 0 amide bonds. The number of carboxylic acids is 1. The van der Waals surface area contributed by atoms with E-state index in [9.17, 15) is 4.79 Å². The van der Waals surface area contributed by atoms with Crippen LogP contribution >= 0.6 is 0 Å². The SMILES string of the molecule is CCCCCOc1ccc(-c2ccc(CC=CC=CC(=O)O)cc2)cc1. The molecule has 3 nitrogen and oxygen atoms in total. The van der Waals surface area contributed by atoms with Crippen molar-refractivity contribution in [1.82, 2.24) is 0 Å². The lowest BCUT2D eigenvalue weighted by atomic mass is 10.0. The first-order valence-corrected chi connectivity index (χ1v) is 9.07. The lowest BCUT2D eigenvalue weighted by molar-refractivity contribution is -0.131. The van der Waals surface area contributed by atoms with Crippen LogP contribution in [-0.2, 0) is 11.2 Å². The molecule has 0 saturated carbocycles. The fourth-order valence-electron chi connectivity index (χ4n) is 2.54. The molecule has 0 fully saturated rings. The molecular formula is C23H26O3. The summed E-state index contributed by atoms with van der Waals surface area (Å²) in [6.07, 6.45) is 10.6. The minimum atomic E-state index is -0.934. The predicted molar refractivity (Wildman–Crippen MR) is 107 cm³/mol. The van der Waals surface area contributed by atoms with Gasteiger partial charge < -0.3 is 9.84 Å². The summed E-state index contributed by atoms with van der Waals surface area (Å²) >= 11 is 0. The van der Waals surface area contributed by atoms with Crippen molar-refractivity contribution >= 4 is 5.97 Å². The second-order valence-corrected chi connectivity index (χ2v) is 6.11. The molecule has 3 heteroatoms. The first-order chi connectivity index (χ1) is 12.7. The van der Waals surface area contributed by atoms with Gasteiger partial charge in [-0.1, -0.05) is 74.4 Å². The summed E-state index contributed by atoms with van der Waals surface area (Å²) in [6.45, 7) is 2.96. The zero-order valence-corrected chi connectivity index (χ0v) is 15.2. The van der Waals surface area contributed by atoms with Crippen LogP contribution in [0.15, 0.2) is 72.8 Å². The Morgan fingerprint density at radius 3 is 2.23 bits per heavy atom. The maximum Gasteiger partial charge on any atom is 0.328 e. The van der Waals surface area contributed by atoms with Gasteiger partial charge in [0.2, 0.25) is 0 Å². The number of carboxylic acid groups (broad SMARTS) is 1. The van der Waals surface area contributed by atoms with Crippen LogP contribution in [0.4, 0.5) is 0 Å². The van der Waals surface area contributed by atoms with Crippen LogP contribution in [0.2, 0.25) is 0 Å². The molecule has 0 spiro atoms. The molecule has 26 heavy (non-hydrogen) atoms. The molecule has 0 saturated heterocycles. The van der Waals surface area contributed by atoms with Gasteiger partial charge in [0.15, 0.2) is 0 Å². The maximum absolute atomic E-state index is 10.4. The summed E-state index contributed by atoms with van der Waals surface area (Å²) in [5.74, 6) is -0.0163. The summed E-state index contributed by atoms with van der Waals surface area (Å²) in [6, 6.07) is 16.6. The van der Waals surface area contributed by atoms with Crippen LogP contribution in [0.25, 0.3) is 11.1 Å². The summed E-state index contributed by atoms with van der Waals surface area (Å²) in [4.78, 5) is 10.4. The number of carbonyl (C=O) groups is 1. The van der Waals surface area contributed by atoms with E-state index in [1.807, 2.05) is 18.2 Å². The summed E-state index contributed by atoms with van der Waals surface area (Å²) in [5, 5.41) is 8.52. The molecule has 1 N–H and O–H groups in total. The maximum atomic E-state index is 10.4. The minimum Gasteiger partial charge on any atom is -0.494 e. The highest BCUT2D eigenvalue weighted by Gasteiger charge is 1.99.